The number of carbonyl (C=O) groups excluding carboxylic acids is 3. The van der Waals surface area contributed by atoms with Gasteiger partial charge < -0.3 is 47.2 Å². The number of nitrogens with one attached hydrogen (secondary N) is 3. The number of nitrogens with zero attached hydrogens (tertiary/aromatic N) is 3. The Labute approximate surface area is 319 Å². The second-order valence-corrected chi connectivity index (χ2v) is 16.1. The van der Waals surface area contributed by atoms with E-state index in [2.05, 4.69) is 25.8 Å². The normalized spacial score (nSPS) is 22.8. The van der Waals surface area contributed by atoms with Crippen molar-refractivity contribution in [3.63, 3.8) is 0 Å². The summed E-state index contributed by atoms with van der Waals surface area (Å²) >= 11 is 0. The third-order valence-electron chi connectivity index (χ3n) is 11.9. The Kier molecular flexibility index (Phi) is 10.7. The SMILES string of the molecule is Cc1cc(O)cc(C)c1CC(NC(=O)C(CCN=C(N)N)OC(N)=O)C(=O)NC(Cc1c[nH]c2ccccc12)c1nc(CC23CC4CC(CC(C4)C2)C3)no1. The molecule has 4 bridgehead atoms. The summed E-state index contributed by atoms with van der Waals surface area (Å²) in [4.78, 5) is 52.2. The van der Waals surface area contributed by atoms with E-state index in [0.29, 0.717) is 12.2 Å². The lowest BCUT2D eigenvalue weighted by molar-refractivity contribution is -0.134. The molecule has 4 fully saturated rings. The highest BCUT2D eigenvalue weighted by atomic mass is 16.6. The van der Waals surface area contributed by atoms with Crippen LogP contribution in [0.15, 0.2) is 52.1 Å². The smallest absolute Gasteiger partial charge is 0.405 e. The summed E-state index contributed by atoms with van der Waals surface area (Å²) in [5, 5.41) is 21.6. The molecule has 2 heterocycles. The van der Waals surface area contributed by atoms with Crippen LogP contribution in [0.2, 0.25) is 0 Å². The fourth-order valence-electron chi connectivity index (χ4n) is 9.98. The second kappa shape index (κ2) is 15.6. The Morgan fingerprint density at radius 2 is 1.67 bits per heavy atom. The number of fused-ring (bicyclic) bond motifs is 1. The highest BCUT2D eigenvalue weighted by Gasteiger charge is 2.51. The molecule has 4 saturated carbocycles. The number of hydrogen-bond donors (Lipinski definition) is 7. The van der Waals surface area contributed by atoms with Gasteiger partial charge in [0.25, 0.3) is 5.91 Å². The molecule has 4 aromatic rings. The van der Waals surface area contributed by atoms with Gasteiger partial charge in [0.15, 0.2) is 17.9 Å². The topological polar surface area (TPSA) is 250 Å². The molecule has 3 amide bonds. The molecule has 15 heteroatoms. The van der Waals surface area contributed by atoms with Crippen LogP contribution in [0.3, 0.4) is 0 Å². The molecule has 2 aromatic heterocycles. The number of phenols is 1. The number of guanidine groups is 1. The first-order valence-corrected chi connectivity index (χ1v) is 19.1. The summed E-state index contributed by atoms with van der Waals surface area (Å²) in [7, 11) is 0. The van der Waals surface area contributed by atoms with Crippen molar-refractivity contribution in [2.45, 2.75) is 96.2 Å². The lowest BCUT2D eigenvalue weighted by Gasteiger charge is -2.56. The second-order valence-electron chi connectivity index (χ2n) is 16.1. The molecule has 0 spiro atoms. The Morgan fingerprint density at radius 3 is 2.33 bits per heavy atom. The predicted molar refractivity (Wildman–Crippen MR) is 204 cm³/mol. The Bertz CT molecular complexity index is 2030. The largest absolute Gasteiger partial charge is 0.508 e. The highest BCUT2D eigenvalue weighted by molar-refractivity contribution is 5.91. The number of hydrogen-bond acceptors (Lipinski definition) is 9. The number of rotatable bonds is 15. The van der Waals surface area contributed by atoms with Gasteiger partial charge in [-0.05, 0) is 116 Å². The van der Waals surface area contributed by atoms with Crippen molar-refractivity contribution in [2.24, 2.45) is 45.4 Å². The van der Waals surface area contributed by atoms with Crippen molar-refractivity contribution in [1.29, 1.82) is 0 Å². The molecular weight excluding hydrogens is 702 g/mol. The van der Waals surface area contributed by atoms with E-state index in [1.165, 1.54) is 38.5 Å². The molecule has 292 valence electrons. The van der Waals surface area contributed by atoms with Gasteiger partial charge in [-0.25, -0.2) is 4.79 Å². The standard InChI is InChI=1S/C40H51N9O6/c1-21-9-27(50)10-22(2)29(21)15-31(46-36(52)33(54-39(43)53)7-8-44-38(41)42)35(51)47-32(14-26-20-45-30-6-4-3-5-28(26)30)37-48-34(49-55-37)19-40-16-23-11-24(17-40)13-25(12-23)18-40/h3-6,9-10,20,23-25,31-33,45,50H,7-8,11-19H2,1-2H3,(H2,43,53)(H,46,52)(H,47,51)(H4,41,42,44). The molecule has 0 saturated heterocycles. The monoisotopic (exact) mass is 753 g/mol. The number of phenolic OH excluding ortho intramolecular Hbond substituents is 1. The summed E-state index contributed by atoms with van der Waals surface area (Å²) in [5.74, 6) is 1.83. The first-order chi connectivity index (χ1) is 26.3. The lowest BCUT2D eigenvalue weighted by atomic mass is 9.49. The number of aliphatic imine (C=N–C) groups is 1. The molecule has 0 aliphatic heterocycles. The van der Waals surface area contributed by atoms with Crippen LogP contribution in [-0.2, 0) is 33.6 Å². The number of aromatic hydroxyl groups is 1. The molecule has 8 rings (SSSR count). The third-order valence-corrected chi connectivity index (χ3v) is 11.9. The van der Waals surface area contributed by atoms with Crippen molar-refractivity contribution in [3.8, 4) is 5.75 Å². The van der Waals surface area contributed by atoms with Crippen LogP contribution in [0.4, 0.5) is 4.79 Å². The van der Waals surface area contributed by atoms with Gasteiger partial charge in [-0.2, -0.15) is 4.98 Å². The lowest BCUT2D eigenvalue weighted by Crippen LogP contribution is -2.52. The summed E-state index contributed by atoms with van der Waals surface area (Å²) in [6.07, 6.45) is 7.97. The number of H-pyrrole nitrogens is 1. The van der Waals surface area contributed by atoms with E-state index < -0.39 is 36.1 Å². The van der Waals surface area contributed by atoms with Gasteiger partial charge in [0, 0.05) is 49.3 Å². The summed E-state index contributed by atoms with van der Waals surface area (Å²) in [5.41, 5.74) is 20.5. The average Bonchev–Trinajstić information content (AvgIpc) is 3.74. The van der Waals surface area contributed by atoms with Gasteiger partial charge >= 0.3 is 6.09 Å². The van der Waals surface area contributed by atoms with Crippen LogP contribution in [-0.4, -0.2) is 62.8 Å². The van der Waals surface area contributed by atoms with Gasteiger partial charge in [-0.3, -0.25) is 14.6 Å². The number of aromatic amines is 1. The molecule has 2 aromatic carbocycles. The van der Waals surface area contributed by atoms with Crippen LogP contribution < -0.4 is 27.8 Å². The molecule has 4 aliphatic carbocycles. The predicted octanol–water partition coefficient (Wildman–Crippen LogP) is 3.89. The number of amides is 3. The quantitative estimate of drug-likeness (QED) is 0.0681. The Balaban J connectivity index is 1.18. The molecule has 10 N–H and O–H groups in total. The minimum atomic E-state index is -1.39. The van der Waals surface area contributed by atoms with E-state index in [1.807, 2.05) is 44.3 Å². The van der Waals surface area contributed by atoms with Crippen LogP contribution in [0.5, 0.6) is 5.75 Å². The van der Waals surface area contributed by atoms with Crippen LogP contribution in [0.1, 0.15) is 85.0 Å². The van der Waals surface area contributed by atoms with E-state index in [1.54, 1.807) is 12.1 Å². The Hall–Kier alpha value is -5.60. The molecule has 4 aliphatic rings. The van der Waals surface area contributed by atoms with Crippen molar-refractivity contribution < 1.29 is 28.8 Å². The van der Waals surface area contributed by atoms with Crippen molar-refractivity contribution in [3.05, 3.63) is 76.6 Å². The van der Waals surface area contributed by atoms with E-state index >= 15 is 0 Å². The van der Waals surface area contributed by atoms with Crippen molar-refractivity contribution >= 4 is 34.8 Å². The number of carbonyl (C=O) groups is 3. The van der Waals surface area contributed by atoms with E-state index in [4.69, 9.17) is 31.4 Å². The molecule has 15 nitrogen and oxygen atoms in total. The summed E-state index contributed by atoms with van der Waals surface area (Å²) in [6, 6.07) is 9.15. The van der Waals surface area contributed by atoms with E-state index in [-0.39, 0.29) is 42.4 Å². The van der Waals surface area contributed by atoms with Crippen LogP contribution >= 0.6 is 0 Å². The van der Waals surface area contributed by atoms with Gasteiger partial charge in [0.05, 0.1) is 0 Å². The van der Waals surface area contributed by atoms with Gasteiger partial charge in [-0.1, -0.05) is 23.4 Å². The zero-order chi connectivity index (χ0) is 38.9. The summed E-state index contributed by atoms with van der Waals surface area (Å²) < 4.78 is 11.1. The van der Waals surface area contributed by atoms with Crippen molar-refractivity contribution in [2.75, 3.05) is 6.54 Å². The zero-order valence-electron chi connectivity index (χ0n) is 31.3. The number of benzene rings is 2. The minimum Gasteiger partial charge on any atom is -0.508 e. The molecule has 55 heavy (non-hydrogen) atoms. The van der Waals surface area contributed by atoms with Crippen molar-refractivity contribution in [1.82, 2.24) is 25.8 Å². The van der Waals surface area contributed by atoms with Crippen LogP contribution in [0, 0.1) is 37.0 Å². The highest BCUT2D eigenvalue weighted by Crippen LogP contribution is 2.61. The minimum absolute atomic E-state index is 0.0316. The third kappa shape index (κ3) is 8.71. The number of primary amides is 1. The summed E-state index contributed by atoms with van der Waals surface area (Å²) in [6.45, 7) is 3.60. The first kappa shape index (κ1) is 37.7. The number of nitrogens with two attached hydrogens (primary N) is 3. The zero-order valence-corrected chi connectivity index (χ0v) is 31.3. The van der Waals surface area contributed by atoms with Gasteiger partial charge in [0.1, 0.15) is 17.8 Å². The number of aryl methyl sites for hydroxylation is 2. The number of ether oxygens (including phenoxy) is 1. The maximum atomic E-state index is 14.5. The van der Waals surface area contributed by atoms with Gasteiger partial charge in [0.2, 0.25) is 11.8 Å². The first-order valence-electron chi connectivity index (χ1n) is 19.1. The maximum Gasteiger partial charge on any atom is 0.405 e. The average molecular weight is 754 g/mol. The van der Waals surface area contributed by atoms with Gasteiger partial charge in [-0.15, -0.1) is 0 Å². The van der Waals surface area contributed by atoms with E-state index in [0.717, 1.165) is 57.3 Å². The Morgan fingerprint density at radius 1 is 1.00 bits per heavy atom. The molecule has 3 unspecified atom stereocenters. The fraction of sp³-hybridized carbons (Fsp3) is 0.500. The molecular formula is C40H51N9O6. The fourth-order valence-corrected chi connectivity index (χ4v) is 9.98. The number of aromatic nitrogens is 3. The number of para-hydroxylation sites is 1. The molecule has 0 radical (unpaired) electrons. The van der Waals surface area contributed by atoms with Crippen LogP contribution in [0.25, 0.3) is 10.9 Å². The maximum absolute atomic E-state index is 14.5. The molecule has 3 atom stereocenters. The van der Waals surface area contributed by atoms with E-state index in [9.17, 15) is 19.5 Å².